The Kier molecular flexibility index (Phi) is 10.9. The van der Waals surface area contributed by atoms with Crippen molar-refractivity contribution in [1.29, 1.82) is 0 Å². The smallest absolute Gasteiger partial charge is 0.270 e. The summed E-state index contributed by atoms with van der Waals surface area (Å²) < 4.78 is 0. The average Bonchev–Trinajstić information content (AvgIpc) is 2.99. The first-order valence-corrected chi connectivity index (χ1v) is 14.3. The van der Waals surface area contributed by atoms with Crippen molar-refractivity contribution < 1.29 is 19.5 Å². The fourth-order valence-electron chi connectivity index (χ4n) is 5.48. The third-order valence-electron chi connectivity index (χ3n) is 7.75. The number of hydrazine groups is 1. The lowest BCUT2D eigenvalue weighted by atomic mass is 9.82. The monoisotopic (exact) mass is 560 g/mol. The number of rotatable bonds is 14. The van der Waals surface area contributed by atoms with E-state index in [0.717, 1.165) is 24.8 Å². The van der Waals surface area contributed by atoms with E-state index < -0.39 is 48.1 Å². The minimum absolute atomic E-state index is 0.0348. The van der Waals surface area contributed by atoms with E-state index in [-0.39, 0.29) is 12.2 Å². The maximum Gasteiger partial charge on any atom is 0.270 e. The van der Waals surface area contributed by atoms with Crippen LogP contribution in [0.4, 0.5) is 0 Å². The number of ketones is 1. The topological polar surface area (TPSA) is 172 Å². The van der Waals surface area contributed by atoms with Crippen molar-refractivity contribution in [2.75, 3.05) is 13.1 Å². The number of fused-ring (bicyclic) bond motifs is 1. The summed E-state index contributed by atoms with van der Waals surface area (Å²) in [6.45, 7) is 0.794. The van der Waals surface area contributed by atoms with Gasteiger partial charge in [0.15, 0.2) is 5.78 Å². The molecule has 218 valence electrons. The zero-order valence-corrected chi connectivity index (χ0v) is 23.2. The molecule has 3 aromatic rings. The highest BCUT2D eigenvalue weighted by molar-refractivity contribution is 6.00. The Hall–Kier alpha value is -3.70. The molecule has 0 saturated heterocycles. The molecule has 4 rings (SSSR count). The molecule has 1 fully saturated rings. The SMILES string of the molecule is NC(=O)C[C@H](NC(=O)c1ccc2ccccc2n1)C(=O)C(C(O)CNNCC1CCCCC1)C(N)c1ccccc1. The van der Waals surface area contributed by atoms with E-state index in [1.807, 2.05) is 24.3 Å². The number of aliphatic hydroxyl groups excluding tert-OH is 1. The number of carbonyl (C=O) groups excluding carboxylic acids is 3. The highest BCUT2D eigenvalue weighted by atomic mass is 16.3. The molecule has 1 aliphatic rings. The highest BCUT2D eigenvalue weighted by Gasteiger charge is 2.38. The second kappa shape index (κ2) is 14.8. The third-order valence-corrected chi connectivity index (χ3v) is 7.75. The van der Waals surface area contributed by atoms with Crippen molar-refractivity contribution in [1.82, 2.24) is 21.2 Å². The summed E-state index contributed by atoms with van der Waals surface area (Å²) in [5.41, 5.74) is 19.6. The van der Waals surface area contributed by atoms with E-state index in [4.69, 9.17) is 11.5 Å². The maximum absolute atomic E-state index is 14.0. The van der Waals surface area contributed by atoms with E-state index in [9.17, 15) is 19.5 Å². The van der Waals surface area contributed by atoms with Gasteiger partial charge in [-0.2, -0.15) is 0 Å². The summed E-state index contributed by atoms with van der Waals surface area (Å²) >= 11 is 0. The molecule has 0 bridgehead atoms. The van der Waals surface area contributed by atoms with Gasteiger partial charge in [0.2, 0.25) is 5.91 Å². The van der Waals surface area contributed by atoms with Crippen LogP contribution in [0.15, 0.2) is 66.7 Å². The molecule has 1 saturated carbocycles. The quantitative estimate of drug-likeness (QED) is 0.128. The van der Waals surface area contributed by atoms with Crippen molar-refractivity contribution in [2.45, 2.75) is 56.7 Å². The number of pyridine rings is 1. The van der Waals surface area contributed by atoms with Gasteiger partial charge in [-0.25, -0.2) is 4.98 Å². The lowest BCUT2D eigenvalue weighted by molar-refractivity contribution is -0.132. The van der Waals surface area contributed by atoms with Crippen LogP contribution in [-0.2, 0) is 9.59 Å². The summed E-state index contributed by atoms with van der Waals surface area (Å²) in [4.78, 5) is 43.5. The molecule has 3 unspecified atom stereocenters. The molecule has 10 nitrogen and oxygen atoms in total. The Balaban J connectivity index is 1.51. The van der Waals surface area contributed by atoms with Gasteiger partial charge in [0.1, 0.15) is 5.69 Å². The third kappa shape index (κ3) is 8.40. The van der Waals surface area contributed by atoms with Gasteiger partial charge in [-0.1, -0.05) is 73.9 Å². The van der Waals surface area contributed by atoms with E-state index in [1.54, 1.807) is 42.5 Å². The highest BCUT2D eigenvalue weighted by Crippen LogP contribution is 2.26. The Bertz CT molecular complexity index is 1310. The molecule has 10 heteroatoms. The zero-order valence-electron chi connectivity index (χ0n) is 23.2. The molecule has 1 heterocycles. The summed E-state index contributed by atoms with van der Waals surface area (Å²) in [5, 5.41) is 14.7. The number of nitrogens with one attached hydrogen (secondary N) is 3. The van der Waals surface area contributed by atoms with Crippen molar-refractivity contribution in [3.63, 3.8) is 0 Å². The zero-order chi connectivity index (χ0) is 29.2. The van der Waals surface area contributed by atoms with Crippen LogP contribution in [-0.4, -0.2) is 52.9 Å². The van der Waals surface area contributed by atoms with Crippen LogP contribution >= 0.6 is 0 Å². The van der Waals surface area contributed by atoms with Gasteiger partial charge in [-0.3, -0.25) is 25.2 Å². The van der Waals surface area contributed by atoms with E-state index >= 15 is 0 Å². The van der Waals surface area contributed by atoms with Crippen LogP contribution in [0.1, 0.15) is 60.6 Å². The molecule has 2 amide bonds. The van der Waals surface area contributed by atoms with Crippen molar-refractivity contribution >= 4 is 28.5 Å². The second-order valence-electron chi connectivity index (χ2n) is 10.8. The summed E-state index contributed by atoms with van der Waals surface area (Å²) in [5.74, 6) is -2.57. The average molecular weight is 561 g/mol. The van der Waals surface area contributed by atoms with Crippen molar-refractivity contribution in [3.8, 4) is 0 Å². The van der Waals surface area contributed by atoms with Crippen LogP contribution in [0.5, 0.6) is 0 Å². The number of carbonyl (C=O) groups is 3. The number of aliphatic hydroxyl groups is 1. The molecular formula is C31H40N6O4. The molecule has 1 aliphatic carbocycles. The van der Waals surface area contributed by atoms with Gasteiger partial charge in [-0.15, -0.1) is 0 Å². The van der Waals surface area contributed by atoms with E-state index in [0.29, 0.717) is 17.0 Å². The fraction of sp³-hybridized carbons (Fsp3) is 0.419. The van der Waals surface area contributed by atoms with Crippen LogP contribution in [0, 0.1) is 11.8 Å². The number of nitrogens with two attached hydrogens (primary N) is 2. The second-order valence-corrected chi connectivity index (χ2v) is 10.8. The molecule has 0 spiro atoms. The number of Topliss-reactive ketones (excluding diaryl/α,β-unsaturated/α-hetero) is 1. The molecule has 41 heavy (non-hydrogen) atoms. The predicted octanol–water partition coefficient (Wildman–Crippen LogP) is 2.13. The van der Waals surface area contributed by atoms with Crippen molar-refractivity contribution in [2.24, 2.45) is 23.3 Å². The number of aromatic nitrogens is 1. The molecular weight excluding hydrogens is 520 g/mol. The van der Waals surface area contributed by atoms with Crippen LogP contribution < -0.4 is 27.6 Å². The number of hydrogen-bond acceptors (Lipinski definition) is 8. The lowest BCUT2D eigenvalue weighted by Gasteiger charge is -2.31. The number of benzene rings is 2. The Labute approximate surface area is 240 Å². The minimum atomic E-state index is -1.31. The van der Waals surface area contributed by atoms with E-state index in [1.165, 1.54) is 19.3 Å². The van der Waals surface area contributed by atoms with Crippen LogP contribution in [0.2, 0.25) is 0 Å². The predicted molar refractivity (Wildman–Crippen MR) is 157 cm³/mol. The number of hydrogen-bond donors (Lipinski definition) is 6. The van der Waals surface area contributed by atoms with Gasteiger partial charge < -0.3 is 21.9 Å². The fourth-order valence-corrected chi connectivity index (χ4v) is 5.48. The molecule has 8 N–H and O–H groups in total. The van der Waals surface area contributed by atoms with Gasteiger partial charge >= 0.3 is 0 Å². The normalized spacial score (nSPS) is 16.9. The Morgan fingerprint density at radius 2 is 1.63 bits per heavy atom. The van der Waals surface area contributed by atoms with Gasteiger partial charge in [0.05, 0.1) is 30.0 Å². The minimum Gasteiger partial charge on any atom is -0.391 e. The molecule has 2 aromatic carbocycles. The summed E-state index contributed by atoms with van der Waals surface area (Å²) in [7, 11) is 0. The summed E-state index contributed by atoms with van der Waals surface area (Å²) in [6.07, 6.45) is 4.37. The number of primary amides is 1. The molecule has 1 aromatic heterocycles. The first kappa shape index (κ1) is 30.3. The standard InChI is InChI=1S/C31H40N6O4/c32-27(39)17-25(37-31(41)24-16-15-21-11-7-8-14-23(21)36-24)30(40)28(29(33)22-12-5-2-6-13-22)26(38)19-35-34-18-20-9-3-1-4-10-20/h2,5-8,11-16,20,25-26,28-29,34-35,38H,1,3-4,9-10,17-19,33H2,(H2,32,39)(H,37,41)/t25-,26?,28?,29?/m0/s1. The van der Waals surface area contributed by atoms with E-state index in [2.05, 4.69) is 21.2 Å². The number of para-hydroxylation sites is 1. The van der Waals surface area contributed by atoms with Crippen molar-refractivity contribution in [3.05, 3.63) is 78.0 Å². The van der Waals surface area contributed by atoms with Gasteiger partial charge in [0, 0.05) is 24.5 Å². The van der Waals surface area contributed by atoms with Crippen LogP contribution in [0.3, 0.4) is 0 Å². The Morgan fingerprint density at radius 1 is 0.927 bits per heavy atom. The Morgan fingerprint density at radius 3 is 2.37 bits per heavy atom. The number of nitrogens with zero attached hydrogens (tertiary/aromatic N) is 1. The summed E-state index contributed by atoms with van der Waals surface area (Å²) in [6, 6.07) is 17.4. The molecule has 0 aliphatic heterocycles. The van der Waals surface area contributed by atoms with Crippen LogP contribution in [0.25, 0.3) is 10.9 Å². The van der Waals surface area contributed by atoms with Gasteiger partial charge in [0.25, 0.3) is 5.91 Å². The first-order chi connectivity index (χ1) is 19.8. The first-order valence-electron chi connectivity index (χ1n) is 14.3. The lowest BCUT2D eigenvalue weighted by Crippen LogP contribution is -2.53. The maximum atomic E-state index is 14.0. The largest absolute Gasteiger partial charge is 0.391 e. The molecule has 0 radical (unpaired) electrons. The molecule has 4 atom stereocenters. The number of amides is 2. The van der Waals surface area contributed by atoms with Gasteiger partial charge in [-0.05, 0) is 36.5 Å².